The van der Waals surface area contributed by atoms with Crippen LogP contribution in [0.25, 0.3) is 27.6 Å². The third-order valence-electron chi connectivity index (χ3n) is 6.46. The summed E-state index contributed by atoms with van der Waals surface area (Å²) in [5.74, 6) is 0.836. The summed E-state index contributed by atoms with van der Waals surface area (Å²) in [6, 6.07) is 13.6. The quantitative estimate of drug-likeness (QED) is 0.428. The number of nitrogen functional groups attached to an aromatic ring is 1. The van der Waals surface area contributed by atoms with Gasteiger partial charge in [-0.15, -0.1) is 0 Å². The van der Waals surface area contributed by atoms with Crippen molar-refractivity contribution in [3.63, 3.8) is 0 Å². The van der Waals surface area contributed by atoms with Crippen molar-refractivity contribution in [1.29, 1.82) is 0 Å². The number of hydrogen-bond acceptors (Lipinski definition) is 5. The second-order valence-corrected chi connectivity index (χ2v) is 8.88. The molecule has 0 bridgehead atoms. The molecule has 0 amide bonds. The van der Waals surface area contributed by atoms with E-state index in [9.17, 15) is 9.18 Å². The van der Waals surface area contributed by atoms with Crippen LogP contribution in [0, 0.1) is 6.92 Å². The number of fused-ring (bicyclic) bond motifs is 2. The highest BCUT2D eigenvalue weighted by molar-refractivity contribution is 6.05. The Kier molecular flexibility index (Phi) is 4.73. The summed E-state index contributed by atoms with van der Waals surface area (Å²) in [4.78, 5) is 23.2. The molecule has 0 saturated carbocycles. The lowest BCUT2D eigenvalue weighted by molar-refractivity contribution is 0.0966. The molecule has 1 aliphatic rings. The van der Waals surface area contributed by atoms with Gasteiger partial charge in [-0.2, -0.15) is 5.10 Å². The van der Waals surface area contributed by atoms with E-state index < -0.39 is 6.17 Å². The summed E-state index contributed by atoms with van der Waals surface area (Å²) < 4.78 is 16.7. The minimum absolute atomic E-state index is 0.252. The highest BCUT2D eigenvalue weighted by Gasteiger charge is 2.23. The molecule has 172 valence electrons. The number of likely N-dealkylation sites (tertiary alicyclic amines) is 1. The van der Waals surface area contributed by atoms with Crippen LogP contribution in [-0.2, 0) is 6.54 Å². The van der Waals surface area contributed by atoms with Crippen molar-refractivity contribution < 1.29 is 9.18 Å². The molecule has 4 heterocycles. The Hall–Kier alpha value is -3.98. The fraction of sp³-hybridized carbons (Fsp3) is 0.240. The van der Waals surface area contributed by atoms with E-state index >= 15 is 0 Å². The predicted molar refractivity (Wildman–Crippen MR) is 129 cm³/mol. The highest BCUT2D eigenvalue weighted by atomic mass is 19.1. The van der Waals surface area contributed by atoms with Crippen molar-refractivity contribution in [1.82, 2.24) is 29.2 Å². The van der Waals surface area contributed by atoms with E-state index in [1.807, 2.05) is 49.4 Å². The molecule has 1 fully saturated rings. The predicted octanol–water partition coefficient (Wildman–Crippen LogP) is 3.83. The molecule has 1 unspecified atom stereocenters. The summed E-state index contributed by atoms with van der Waals surface area (Å²) >= 11 is 0. The first kappa shape index (κ1) is 20.6. The van der Waals surface area contributed by atoms with E-state index in [1.54, 1.807) is 15.4 Å². The Labute approximate surface area is 194 Å². The zero-order valence-electron chi connectivity index (χ0n) is 18.7. The molecule has 1 aliphatic heterocycles. The van der Waals surface area contributed by atoms with E-state index in [1.165, 1.54) is 6.20 Å². The number of alkyl halides is 1. The average Bonchev–Trinajstić information content (AvgIpc) is 3.58. The fourth-order valence-electron chi connectivity index (χ4n) is 4.75. The van der Waals surface area contributed by atoms with E-state index in [0.29, 0.717) is 25.1 Å². The standard InChI is InChI=1S/C25H24FN7O/c1-15-29-21-5-4-19(11-22(21)30-15)33-24(27)20(12-28-33)25(34)32-9-6-17-3-2-16(10-23(17)32)13-31-8-7-18(26)14-31/h2-6,9-12,18H,7-8,13-14,27H2,1H3,(H,29,30). The number of rotatable bonds is 4. The van der Waals surface area contributed by atoms with Crippen LogP contribution in [0.4, 0.5) is 10.2 Å². The van der Waals surface area contributed by atoms with Crippen molar-refractivity contribution in [2.45, 2.75) is 26.1 Å². The minimum Gasteiger partial charge on any atom is -0.383 e. The summed E-state index contributed by atoms with van der Waals surface area (Å²) in [5.41, 5.74) is 11.0. The summed E-state index contributed by atoms with van der Waals surface area (Å²) in [7, 11) is 0. The van der Waals surface area contributed by atoms with Gasteiger partial charge in [-0.1, -0.05) is 12.1 Å². The Morgan fingerprint density at radius 1 is 1.24 bits per heavy atom. The zero-order chi connectivity index (χ0) is 23.4. The Morgan fingerprint density at radius 2 is 2.12 bits per heavy atom. The van der Waals surface area contributed by atoms with Gasteiger partial charge in [-0.25, -0.2) is 14.1 Å². The van der Waals surface area contributed by atoms with Crippen LogP contribution in [0.5, 0.6) is 0 Å². The lowest BCUT2D eigenvalue weighted by atomic mass is 10.1. The highest BCUT2D eigenvalue weighted by Crippen LogP contribution is 2.25. The Morgan fingerprint density at radius 3 is 2.94 bits per heavy atom. The van der Waals surface area contributed by atoms with Gasteiger partial charge >= 0.3 is 0 Å². The van der Waals surface area contributed by atoms with Gasteiger partial charge in [-0.05, 0) is 49.2 Å². The molecule has 1 saturated heterocycles. The molecular formula is C25H24FN7O. The molecule has 3 N–H and O–H groups in total. The molecular weight excluding hydrogens is 433 g/mol. The van der Waals surface area contributed by atoms with Crippen molar-refractivity contribution in [3.05, 3.63) is 71.8 Å². The van der Waals surface area contributed by atoms with Gasteiger partial charge < -0.3 is 10.7 Å². The van der Waals surface area contributed by atoms with Gasteiger partial charge in [0.15, 0.2) is 0 Å². The van der Waals surface area contributed by atoms with Gasteiger partial charge in [0.25, 0.3) is 5.91 Å². The molecule has 2 aromatic carbocycles. The third kappa shape index (κ3) is 3.45. The number of halogens is 1. The number of carbonyl (C=O) groups excluding carboxylic acids is 1. The first-order valence-electron chi connectivity index (χ1n) is 11.3. The maximum Gasteiger partial charge on any atom is 0.267 e. The first-order chi connectivity index (χ1) is 16.5. The number of anilines is 1. The average molecular weight is 458 g/mol. The molecule has 0 radical (unpaired) electrons. The second kappa shape index (κ2) is 7.81. The molecule has 9 heteroatoms. The molecule has 0 spiro atoms. The van der Waals surface area contributed by atoms with Crippen molar-refractivity contribution in [2.75, 3.05) is 18.8 Å². The number of nitrogens with zero attached hydrogens (tertiary/aromatic N) is 5. The second-order valence-electron chi connectivity index (χ2n) is 8.88. The summed E-state index contributed by atoms with van der Waals surface area (Å²) in [6.45, 7) is 3.76. The molecule has 6 rings (SSSR count). The van der Waals surface area contributed by atoms with E-state index in [2.05, 4.69) is 20.0 Å². The van der Waals surface area contributed by atoms with Crippen molar-refractivity contribution in [3.8, 4) is 5.69 Å². The Bertz CT molecular complexity index is 1550. The SMILES string of the molecule is Cc1nc2cc(-n3ncc(C(=O)n4ccc5ccc(CN6CCC(F)C6)cc54)c3N)ccc2[nH]1. The topological polar surface area (TPSA) is 97.8 Å². The number of carbonyl (C=O) groups is 1. The van der Waals surface area contributed by atoms with Crippen LogP contribution in [0.15, 0.2) is 54.9 Å². The van der Waals surface area contributed by atoms with Crippen LogP contribution < -0.4 is 5.73 Å². The number of nitrogens with two attached hydrogens (primary N) is 1. The lowest BCUT2D eigenvalue weighted by Gasteiger charge is -2.15. The first-order valence-corrected chi connectivity index (χ1v) is 11.3. The minimum atomic E-state index is -0.758. The number of aromatic nitrogens is 5. The number of aromatic amines is 1. The normalized spacial score (nSPS) is 16.7. The van der Waals surface area contributed by atoms with Crippen LogP contribution >= 0.6 is 0 Å². The number of aryl methyl sites for hydroxylation is 1. The van der Waals surface area contributed by atoms with Gasteiger partial charge in [0.2, 0.25) is 0 Å². The lowest BCUT2D eigenvalue weighted by Crippen LogP contribution is -2.20. The van der Waals surface area contributed by atoms with E-state index in [-0.39, 0.29) is 11.7 Å². The maximum atomic E-state index is 13.6. The zero-order valence-corrected chi connectivity index (χ0v) is 18.7. The molecule has 0 aliphatic carbocycles. The molecule has 3 aromatic heterocycles. The molecule has 1 atom stereocenters. The fourth-order valence-corrected chi connectivity index (χ4v) is 4.75. The largest absolute Gasteiger partial charge is 0.383 e. The molecule has 34 heavy (non-hydrogen) atoms. The van der Waals surface area contributed by atoms with Crippen molar-refractivity contribution >= 4 is 33.7 Å². The summed E-state index contributed by atoms with van der Waals surface area (Å²) in [5, 5.41) is 5.33. The van der Waals surface area contributed by atoms with Crippen LogP contribution in [0.3, 0.4) is 0 Å². The van der Waals surface area contributed by atoms with Crippen LogP contribution in [0.1, 0.15) is 28.2 Å². The summed E-state index contributed by atoms with van der Waals surface area (Å²) in [6.07, 6.45) is 3.07. The van der Waals surface area contributed by atoms with Crippen LogP contribution in [-0.4, -0.2) is 54.4 Å². The maximum absolute atomic E-state index is 13.6. The Balaban J connectivity index is 1.32. The molecule has 5 aromatic rings. The third-order valence-corrected chi connectivity index (χ3v) is 6.46. The van der Waals surface area contributed by atoms with E-state index in [4.69, 9.17) is 5.73 Å². The number of imidazole rings is 1. The van der Waals surface area contributed by atoms with Gasteiger partial charge in [0.05, 0.1) is 28.4 Å². The smallest absolute Gasteiger partial charge is 0.267 e. The van der Waals surface area contributed by atoms with E-state index in [0.717, 1.165) is 45.6 Å². The van der Waals surface area contributed by atoms with Crippen molar-refractivity contribution in [2.24, 2.45) is 0 Å². The van der Waals surface area contributed by atoms with Crippen LogP contribution in [0.2, 0.25) is 0 Å². The number of hydrogen-bond donors (Lipinski definition) is 2. The monoisotopic (exact) mass is 457 g/mol. The van der Waals surface area contributed by atoms with Gasteiger partial charge in [-0.3, -0.25) is 14.3 Å². The number of benzene rings is 2. The number of nitrogens with one attached hydrogen (secondary N) is 1. The molecule has 8 nitrogen and oxygen atoms in total. The van der Waals surface area contributed by atoms with Gasteiger partial charge in [0, 0.05) is 31.2 Å². The van der Waals surface area contributed by atoms with Gasteiger partial charge in [0.1, 0.15) is 23.4 Å². The number of H-pyrrole nitrogens is 1.